The van der Waals surface area contributed by atoms with Gasteiger partial charge in [-0.1, -0.05) is 18.2 Å². The lowest BCUT2D eigenvalue weighted by molar-refractivity contribution is 0.424. The van der Waals surface area contributed by atoms with Crippen LogP contribution in [0.15, 0.2) is 42.0 Å². The molecule has 1 N–H and O–H groups in total. The molecule has 4 heteroatoms. The van der Waals surface area contributed by atoms with E-state index in [0.29, 0.717) is 0 Å². The average molecular weight is 299 g/mol. The smallest absolute Gasteiger partial charge is 0.0673 e. The van der Waals surface area contributed by atoms with Gasteiger partial charge in [0.1, 0.15) is 0 Å². The van der Waals surface area contributed by atoms with Crippen LogP contribution in [0.1, 0.15) is 31.9 Å². The minimum absolute atomic E-state index is 0.131. The molecule has 0 bridgehead atoms. The predicted molar refractivity (Wildman–Crippen MR) is 89.7 cm³/mol. The highest BCUT2D eigenvalue weighted by atomic mass is 32.1. The quantitative estimate of drug-likeness (QED) is 0.788. The predicted octanol–water partition coefficient (Wildman–Crippen LogP) is 4.03. The number of benzene rings is 1. The lowest BCUT2D eigenvalue weighted by Gasteiger charge is -2.19. The Balaban J connectivity index is 1.72. The van der Waals surface area contributed by atoms with Crippen molar-refractivity contribution in [2.24, 2.45) is 0 Å². The van der Waals surface area contributed by atoms with Crippen LogP contribution < -0.4 is 5.32 Å². The second-order valence-corrected chi connectivity index (χ2v) is 7.32. The first-order valence-corrected chi connectivity index (χ1v) is 8.11. The average Bonchev–Trinajstić information content (AvgIpc) is 3.04. The van der Waals surface area contributed by atoms with E-state index in [9.17, 15) is 0 Å². The van der Waals surface area contributed by atoms with Crippen molar-refractivity contribution in [2.75, 3.05) is 0 Å². The Morgan fingerprint density at radius 2 is 2.05 bits per heavy atom. The van der Waals surface area contributed by atoms with Crippen molar-refractivity contribution in [3.05, 3.63) is 53.2 Å². The fraction of sp³-hybridized carbons (Fsp3) is 0.353. The number of nitrogens with one attached hydrogen (secondary N) is 1. The Morgan fingerprint density at radius 3 is 2.86 bits per heavy atom. The van der Waals surface area contributed by atoms with Crippen LogP contribution in [0.25, 0.3) is 10.1 Å². The van der Waals surface area contributed by atoms with E-state index in [1.54, 1.807) is 11.3 Å². The van der Waals surface area contributed by atoms with Crippen molar-refractivity contribution in [1.82, 2.24) is 15.1 Å². The molecular formula is C17H21N3S. The van der Waals surface area contributed by atoms with Gasteiger partial charge in [0.05, 0.1) is 12.7 Å². The third kappa shape index (κ3) is 3.52. The SMILES string of the molecule is CC(C)(C)NCc1cnn(Cc2csc3ccccc23)c1. The molecule has 0 atom stereocenters. The van der Waals surface area contributed by atoms with Gasteiger partial charge in [-0.05, 0) is 43.2 Å². The maximum absolute atomic E-state index is 4.48. The molecule has 3 aromatic rings. The standard InChI is InChI=1S/C17H21N3S/c1-17(2,3)18-8-13-9-19-20(10-13)11-14-12-21-16-7-5-4-6-15(14)16/h4-7,9-10,12,18H,8,11H2,1-3H3. The van der Waals surface area contributed by atoms with Crippen molar-refractivity contribution >= 4 is 21.4 Å². The number of nitrogens with zero attached hydrogens (tertiary/aromatic N) is 2. The van der Waals surface area contributed by atoms with Gasteiger partial charge in [-0.3, -0.25) is 4.68 Å². The molecule has 21 heavy (non-hydrogen) atoms. The van der Waals surface area contributed by atoms with Crippen molar-refractivity contribution in [3.8, 4) is 0 Å². The minimum atomic E-state index is 0.131. The molecule has 0 amide bonds. The Bertz CT molecular complexity index is 734. The first-order valence-electron chi connectivity index (χ1n) is 7.23. The molecule has 0 aliphatic carbocycles. The molecule has 0 saturated carbocycles. The number of aromatic nitrogens is 2. The molecule has 0 fully saturated rings. The molecular weight excluding hydrogens is 278 g/mol. The Labute approximate surface area is 129 Å². The minimum Gasteiger partial charge on any atom is -0.308 e. The number of hydrogen-bond donors (Lipinski definition) is 1. The van der Waals surface area contributed by atoms with Gasteiger partial charge in [-0.25, -0.2) is 0 Å². The van der Waals surface area contributed by atoms with Crippen molar-refractivity contribution in [2.45, 2.75) is 39.4 Å². The summed E-state index contributed by atoms with van der Waals surface area (Å²) >= 11 is 1.80. The number of thiophene rings is 1. The van der Waals surface area contributed by atoms with E-state index in [4.69, 9.17) is 0 Å². The summed E-state index contributed by atoms with van der Waals surface area (Å²) in [5.41, 5.74) is 2.70. The van der Waals surface area contributed by atoms with Crippen LogP contribution in [0.2, 0.25) is 0 Å². The monoisotopic (exact) mass is 299 g/mol. The highest BCUT2D eigenvalue weighted by Gasteiger charge is 2.10. The normalized spacial score (nSPS) is 12.1. The molecule has 3 nitrogen and oxygen atoms in total. The molecule has 1 aromatic carbocycles. The van der Waals surface area contributed by atoms with E-state index >= 15 is 0 Å². The summed E-state index contributed by atoms with van der Waals surface area (Å²) in [4.78, 5) is 0. The van der Waals surface area contributed by atoms with Crippen molar-refractivity contribution < 1.29 is 0 Å². The van der Waals surface area contributed by atoms with Crippen molar-refractivity contribution in [1.29, 1.82) is 0 Å². The van der Waals surface area contributed by atoms with Crippen molar-refractivity contribution in [3.63, 3.8) is 0 Å². The Hall–Kier alpha value is -1.65. The zero-order chi connectivity index (χ0) is 14.9. The van der Waals surface area contributed by atoms with Crippen LogP contribution in [0.4, 0.5) is 0 Å². The summed E-state index contributed by atoms with van der Waals surface area (Å²) in [6.07, 6.45) is 4.08. The molecule has 0 spiro atoms. The highest BCUT2D eigenvalue weighted by Crippen LogP contribution is 2.26. The van der Waals surface area contributed by atoms with Gasteiger partial charge in [0.2, 0.25) is 0 Å². The van der Waals surface area contributed by atoms with Crippen LogP contribution in [0.5, 0.6) is 0 Å². The molecule has 0 unspecified atom stereocenters. The topological polar surface area (TPSA) is 29.9 Å². The van der Waals surface area contributed by atoms with E-state index in [1.807, 2.05) is 10.9 Å². The summed E-state index contributed by atoms with van der Waals surface area (Å²) in [6, 6.07) is 8.55. The van der Waals surface area contributed by atoms with Gasteiger partial charge in [-0.2, -0.15) is 5.10 Å². The summed E-state index contributed by atoms with van der Waals surface area (Å²) < 4.78 is 3.36. The third-order valence-electron chi connectivity index (χ3n) is 3.40. The van der Waals surface area contributed by atoms with E-state index in [0.717, 1.165) is 13.1 Å². The molecule has 0 aliphatic heterocycles. The van der Waals surface area contributed by atoms with Crippen LogP contribution in [-0.2, 0) is 13.1 Å². The molecule has 110 valence electrons. The summed E-state index contributed by atoms with van der Waals surface area (Å²) in [5, 5.41) is 11.5. The van der Waals surface area contributed by atoms with E-state index in [1.165, 1.54) is 21.2 Å². The van der Waals surface area contributed by atoms with Gasteiger partial charge in [0.25, 0.3) is 0 Å². The molecule has 2 aromatic heterocycles. The second-order valence-electron chi connectivity index (χ2n) is 6.41. The maximum atomic E-state index is 4.48. The summed E-state index contributed by atoms with van der Waals surface area (Å²) in [5.74, 6) is 0. The Kier molecular flexibility index (Phi) is 3.83. The van der Waals surface area contributed by atoms with E-state index in [2.05, 4.69) is 67.0 Å². The Morgan fingerprint density at radius 1 is 1.24 bits per heavy atom. The lowest BCUT2D eigenvalue weighted by atomic mass is 10.1. The van der Waals surface area contributed by atoms with Gasteiger partial charge in [0.15, 0.2) is 0 Å². The van der Waals surface area contributed by atoms with Gasteiger partial charge in [-0.15, -0.1) is 11.3 Å². The van der Waals surface area contributed by atoms with Crippen LogP contribution in [-0.4, -0.2) is 15.3 Å². The van der Waals surface area contributed by atoms with Gasteiger partial charge < -0.3 is 5.32 Å². The lowest BCUT2D eigenvalue weighted by Crippen LogP contribution is -2.34. The fourth-order valence-electron chi connectivity index (χ4n) is 2.28. The summed E-state index contributed by atoms with van der Waals surface area (Å²) in [6.45, 7) is 8.21. The van der Waals surface area contributed by atoms with E-state index < -0.39 is 0 Å². The molecule has 0 aliphatic rings. The third-order valence-corrected chi connectivity index (χ3v) is 4.42. The largest absolute Gasteiger partial charge is 0.308 e. The van der Waals surface area contributed by atoms with E-state index in [-0.39, 0.29) is 5.54 Å². The molecule has 3 rings (SSSR count). The molecule has 0 radical (unpaired) electrons. The highest BCUT2D eigenvalue weighted by molar-refractivity contribution is 7.17. The number of hydrogen-bond acceptors (Lipinski definition) is 3. The molecule has 0 saturated heterocycles. The van der Waals surface area contributed by atoms with Gasteiger partial charge in [0, 0.05) is 28.5 Å². The zero-order valence-electron chi connectivity index (χ0n) is 12.8. The first kappa shape index (κ1) is 14.3. The second kappa shape index (κ2) is 5.62. The first-order chi connectivity index (χ1) is 10.0. The number of rotatable bonds is 4. The summed E-state index contributed by atoms with van der Waals surface area (Å²) in [7, 11) is 0. The maximum Gasteiger partial charge on any atom is 0.0673 e. The fourth-order valence-corrected chi connectivity index (χ4v) is 3.24. The number of fused-ring (bicyclic) bond motifs is 1. The van der Waals surface area contributed by atoms with Gasteiger partial charge >= 0.3 is 0 Å². The zero-order valence-corrected chi connectivity index (χ0v) is 13.6. The molecule has 2 heterocycles. The van der Waals surface area contributed by atoms with Crippen LogP contribution >= 0.6 is 11.3 Å². The van der Waals surface area contributed by atoms with Crippen LogP contribution in [0.3, 0.4) is 0 Å². The van der Waals surface area contributed by atoms with Crippen LogP contribution in [0, 0.1) is 0 Å².